The topological polar surface area (TPSA) is 6.48 Å². The molecule has 1 atom stereocenters. The van der Waals surface area contributed by atoms with E-state index in [2.05, 4.69) is 54.1 Å². The van der Waals surface area contributed by atoms with E-state index in [-0.39, 0.29) is 0 Å². The Morgan fingerprint density at radius 3 is 2.35 bits per heavy atom. The zero-order valence-electron chi connectivity index (χ0n) is 11.7. The zero-order chi connectivity index (χ0) is 12.7. The molecule has 17 heavy (non-hydrogen) atoms. The Morgan fingerprint density at radius 2 is 1.76 bits per heavy atom. The van der Waals surface area contributed by atoms with Crippen LogP contribution in [-0.2, 0) is 6.54 Å². The van der Waals surface area contributed by atoms with Crippen molar-refractivity contribution in [3.63, 3.8) is 0 Å². The predicted molar refractivity (Wildman–Crippen MR) is 75.2 cm³/mol. The van der Waals surface area contributed by atoms with Gasteiger partial charge in [0.05, 0.1) is 0 Å². The Morgan fingerprint density at radius 1 is 1.12 bits per heavy atom. The lowest BCUT2D eigenvalue weighted by Crippen LogP contribution is -2.49. The van der Waals surface area contributed by atoms with Crippen LogP contribution in [0, 0.1) is 0 Å². The lowest BCUT2D eigenvalue weighted by molar-refractivity contribution is 0.1000. The van der Waals surface area contributed by atoms with Crippen molar-refractivity contribution in [2.24, 2.45) is 0 Å². The standard InChI is InChI=1S/C13H20N2.C2H6/c1-12-10-15(9-8-14(12)2)11-13-6-4-3-5-7-13;1-2/h3-7,12H,8-11H2,1-2H3;1-2H3. The number of rotatable bonds is 2. The van der Waals surface area contributed by atoms with E-state index in [4.69, 9.17) is 0 Å². The van der Waals surface area contributed by atoms with Crippen LogP contribution in [-0.4, -0.2) is 42.5 Å². The Kier molecular flexibility index (Phi) is 6.23. The summed E-state index contributed by atoms with van der Waals surface area (Å²) in [7, 11) is 2.21. The van der Waals surface area contributed by atoms with Gasteiger partial charge in [-0.3, -0.25) is 4.90 Å². The molecule has 0 spiro atoms. The van der Waals surface area contributed by atoms with Gasteiger partial charge < -0.3 is 4.90 Å². The molecular weight excluding hydrogens is 208 g/mol. The molecule has 1 unspecified atom stereocenters. The highest BCUT2D eigenvalue weighted by molar-refractivity contribution is 5.14. The molecule has 0 N–H and O–H groups in total. The van der Waals surface area contributed by atoms with Gasteiger partial charge in [-0.15, -0.1) is 0 Å². The molecule has 96 valence electrons. The predicted octanol–water partition coefficient (Wildman–Crippen LogP) is 2.85. The number of likely N-dealkylation sites (N-methyl/N-ethyl adjacent to an activating group) is 1. The van der Waals surface area contributed by atoms with E-state index >= 15 is 0 Å². The van der Waals surface area contributed by atoms with Crippen molar-refractivity contribution in [2.75, 3.05) is 26.7 Å². The van der Waals surface area contributed by atoms with Crippen molar-refractivity contribution < 1.29 is 0 Å². The molecule has 0 aliphatic carbocycles. The molecule has 1 aromatic carbocycles. The van der Waals surface area contributed by atoms with Crippen molar-refractivity contribution in [3.05, 3.63) is 35.9 Å². The quantitative estimate of drug-likeness (QED) is 0.776. The Labute approximate surface area is 106 Å². The Balaban J connectivity index is 0.000000686. The van der Waals surface area contributed by atoms with Gasteiger partial charge in [0.2, 0.25) is 0 Å². The zero-order valence-corrected chi connectivity index (χ0v) is 11.7. The van der Waals surface area contributed by atoms with Gasteiger partial charge in [0.1, 0.15) is 0 Å². The molecule has 1 heterocycles. The molecule has 1 aromatic rings. The fourth-order valence-corrected chi connectivity index (χ4v) is 2.11. The lowest BCUT2D eigenvalue weighted by Gasteiger charge is -2.37. The largest absolute Gasteiger partial charge is 0.301 e. The van der Waals surface area contributed by atoms with E-state index in [0.717, 1.165) is 6.54 Å². The summed E-state index contributed by atoms with van der Waals surface area (Å²) in [4.78, 5) is 4.97. The molecule has 1 aliphatic rings. The monoisotopic (exact) mass is 234 g/mol. The maximum atomic E-state index is 2.54. The van der Waals surface area contributed by atoms with Gasteiger partial charge in [0.15, 0.2) is 0 Å². The van der Waals surface area contributed by atoms with Gasteiger partial charge in [-0.25, -0.2) is 0 Å². The minimum Gasteiger partial charge on any atom is -0.301 e. The molecule has 0 radical (unpaired) electrons. The Bertz CT molecular complexity index is 297. The van der Waals surface area contributed by atoms with Gasteiger partial charge in [-0.2, -0.15) is 0 Å². The van der Waals surface area contributed by atoms with E-state index in [9.17, 15) is 0 Å². The summed E-state index contributed by atoms with van der Waals surface area (Å²) in [6.45, 7) is 11.0. The van der Waals surface area contributed by atoms with Crippen LogP contribution in [0.4, 0.5) is 0 Å². The highest BCUT2D eigenvalue weighted by atomic mass is 15.3. The summed E-state index contributed by atoms with van der Waals surface area (Å²) in [6.07, 6.45) is 0. The Hall–Kier alpha value is -0.860. The van der Waals surface area contributed by atoms with Gasteiger partial charge in [-0.1, -0.05) is 44.2 Å². The van der Waals surface area contributed by atoms with E-state index in [1.165, 1.54) is 25.2 Å². The average molecular weight is 234 g/mol. The first-order valence-corrected chi connectivity index (χ1v) is 6.72. The van der Waals surface area contributed by atoms with Crippen molar-refractivity contribution >= 4 is 0 Å². The molecular formula is C15H26N2. The second-order valence-corrected chi connectivity index (χ2v) is 4.55. The highest BCUT2D eigenvalue weighted by Gasteiger charge is 2.20. The van der Waals surface area contributed by atoms with Crippen LogP contribution in [0.2, 0.25) is 0 Å². The lowest BCUT2D eigenvalue weighted by atomic mass is 10.1. The molecule has 0 saturated carbocycles. The molecule has 1 saturated heterocycles. The van der Waals surface area contributed by atoms with Gasteiger partial charge in [-0.05, 0) is 19.5 Å². The first-order chi connectivity index (χ1) is 8.25. The third-order valence-electron chi connectivity index (χ3n) is 3.29. The molecule has 2 nitrogen and oxygen atoms in total. The van der Waals surface area contributed by atoms with Crippen LogP contribution in [0.5, 0.6) is 0 Å². The van der Waals surface area contributed by atoms with Crippen LogP contribution in [0.3, 0.4) is 0 Å². The van der Waals surface area contributed by atoms with Crippen molar-refractivity contribution in [3.8, 4) is 0 Å². The van der Waals surface area contributed by atoms with Gasteiger partial charge in [0, 0.05) is 32.2 Å². The third-order valence-corrected chi connectivity index (χ3v) is 3.29. The minimum absolute atomic E-state index is 0.683. The molecule has 0 bridgehead atoms. The van der Waals surface area contributed by atoms with E-state index in [0.29, 0.717) is 6.04 Å². The molecule has 1 fully saturated rings. The average Bonchev–Trinajstić information content (AvgIpc) is 2.38. The third kappa shape index (κ3) is 4.49. The van der Waals surface area contributed by atoms with Crippen LogP contribution in [0.1, 0.15) is 26.3 Å². The minimum atomic E-state index is 0.683. The summed E-state index contributed by atoms with van der Waals surface area (Å²) in [5.41, 5.74) is 1.43. The number of hydrogen-bond donors (Lipinski definition) is 0. The SMILES string of the molecule is CC.CC1CN(Cc2ccccc2)CCN1C. The molecule has 1 aliphatic heterocycles. The van der Waals surface area contributed by atoms with E-state index in [1.54, 1.807) is 0 Å². The maximum Gasteiger partial charge on any atom is 0.0234 e. The maximum absolute atomic E-state index is 2.54. The second kappa shape index (κ2) is 7.46. The van der Waals surface area contributed by atoms with Gasteiger partial charge >= 0.3 is 0 Å². The molecule has 0 amide bonds. The number of piperazine rings is 1. The summed E-state index contributed by atoms with van der Waals surface area (Å²) in [5, 5.41) is 0. The van der Waals surface area contributed by atoms with E-state index < -0.39 is 0 Å². The first-order valence-electron chi connectivity index (χ1n) is 6.72. The normalized spacial score (nSPS) is 21.8. The van der Waals surface area contributed by atoms with Crippen molar-refractivity contribution in [1.82, 2.24) is 9.80 Å². The van der Waals surface area contributed by atoms with Crippen LogP contribution in [0.15, 0.2) is 30.3 Å². The molecule has 0 aromatic heterocycles. The number of benzene rings is 1. The van der Waals surface area contributed by atoms with Crippen LogP contribution >= 0.6 is 0 Å². The van der Waals surface area contributed by atoms with Gasteiger partial charge in [0.25, 0.3) is 0 Å². The number of hydrogen-bond acceptors (Lipinski definition) is 2. The molecule has 2 heteroatoms. The molecule has 2 rings (SSSR count). The summed E-state index contributed by atoms with van der Waals surface area (Å²) < 4.78 is 0. The highest BCUT2D eigenvalue weighted by Crippen LogP contribution is 2.11. The van der Waals surface area contributed by atoms with Crippen molar-refractivity contribution in [1.29, 1.82) is 0 Å². The van der Waals surface area contributed by atoms with E-state index in [1.807, 2.05) is 13.8 Å². The second-order valence-electron chi connectivity index (χ2n) is 4.55. The first kappa shape index (κ1) is 14.2. The van der Waals surface area contributed by atoms with Crippen LogP contribution in [0.25, 0.3) is 0 Å². The van der Waals surface area contributed by atoms with Crippen molar-refractivity contribution in [2.45, 2.75) is 33.4 Å². The summed E-state index contributed by atoms with van der Waals surface area (Å²) in [5.74, 6) is 0. The fourth-order valence-electron chi connectivity index (χ4n) is 2.11. The smallest absolute Gasteiger partial charge is 0.0234 e. The summed E-state index contributed by atoms with van der Waals surface area (Å²) >= 11 is 0. The number of nitrogens with zero attached hydrogens (tertiary/aromatic N) is 2. The fraction of sp³-hybridized carbons (Fsp3) is 0.600. The van der Waals surface area contributed by atoms with Crippen LogP contribution < -0.4 is 0 Å². The summed E-state index contributed by atoms with van der Waals surface area (Å²) in [6, 6.07) is 11.4.